The summed E-state index contributed by atoms with van der Waals surface area (Å²) in [5, 5.41) is 5.19. The lowest BCUT2D eigenvalue weighted by molar-refractivity contribution is 0.256. The fourth-order valence-corrected chi connectivity index (χ4v) is 3.98. The molecule has 3 aromatic carbocycles. The van der Waals surface area contributed by atoms with Crippen LogP contribution in [0.25, 0.3) is 0 Å². The fraction of sp³-hybridized carbons (Fsp3) is 0. The molecule has 0 aliphatic heterocycles. The maximum absolute atomic E-state index is 13.0. The predicted octanol–water partition coefficient (Wildman–Crippen LogP) is 3.60. The zero-order valence-corrected chi connectivity index (χ0v) is 16.0. The molecule has 9 heteroatoms. The van der Waals surface area contributed by atoms with Gasteiger partial charge in [-0.1, -0.05) is 42.5 Å². The number of nitrogens with one attached hydrogen (secondary N) is 2. The third-order valence-electron chi connectivity index (χ3n) is 3.85. The summed E-state index contributed by atoms with van der Waals surface area (Å²) in [5.74, 6) is 0. The van der Waals surface area contributed by atoms with Gasteiger partial charge in [0.15, 0.2) is 0 Å². The van der Waals surface area contributed by atoms with Crippen molar-refractivity contribution in [2.75, 3.05) is 14.9 Å². The molecule has 8 nitrogen and oxygen atoms in total. The van der Waals surface area contributed by atoms with E-state index in [-0.39, 0.29) is 16.3 Å². The molecule has 0 aliphatic carbocycles. The Balaban J connectivity index is 1.85. The first-order chi connectivity index (χ1) is 13.9. The summed E-state index contributed by atoms with van der Waals surface area (Å²) in [4.78, 5) is 23.8. The van der Waals surface area contributed by atoms with Gasteiger partial charge in [-0.3, -0.25) is 0 Å². The summed E-state index contributed by atoms with van der Waals surface area (Å²) in [6, 6.07) is 20.4. The first-order valence-corrected chi connectivity index (χ1v) is 9.95. The smallest absolute Gasteiger partial charge is 0.333 e. The van der Waals surface area contributed by atoms with Crippen molar-refractivity contribution in [2.24, 2.45) is 5.73 Å². The van der Waals surface area contributed by atoms with E-state index in [1.54, 1.807) is 42.5 Å². The van der Waals surface area contributed by atoms with Crippen LogP contribution in [-0.4, -0.2) is 20.5 Å². The summed E-state index contributed by atoms with van der Waals surface area (Å²) >= 11 is 0. The van der Waals surface area contributed by atoms with Crippen LogP contribution in [0.5, 0.6) is 0 Å². The number of sulfonamides is 1. The quantitative estimate of drug-likeness (QED) is 0.595. The number of rotatable bonds is 5. The second kappa shape index (κ2) is 8.44. The van der Waals surface area contributed by atoms with Crippen LogP contribution in [0.1, 0.15) is 0 Å². The fourth-order valence-electron chi connectivity index (χ4n) is 2.60. The van der Waals surface area contributed by atoms with Crippen LogP contribution in [0.15, 0.2) is 89.8 Å². The van der Waals surface area contributed by atoms with Gasteiger partial charge < -0.3 is 16.4 Å². The Labute approximate surface area is 168 Å². The number of para-hydroxylation sites is 2. The minimum Gasteiger partial charge on any atom is -0.350 e. The molecule has 0 bridgehead atoms. The van der Waals surface area contributed by atoms with Crippen LogP contribution in [0.4, 0.5) is 26.7 Å². The summed E-state index contributed by atoms with van der Waals surface area (Å²) in [6.07, 6.45) is 0. The van der Waals surface area contributed by atoms with Crippen molar-refractivity contribution in [3.8, 4) is 0 Å². The zero-order valence-electron chi connectivity index (χ0n) is 15.1. The summed E-state index contributed by atoms with van der Waals surface area (Å²) in [5.41, 5.74) is 6.25. The SMILES string of the molecule is NC(=O)N(c1ccccc1)S(=O)(=O)c1cccc(NC(=O)Nc2ccccc2)c1. The number of amides is 4. The molecule has 148 valence electrons. The van der Waals surface area contributed by atoms with E-state index in [1.807, 2.05) is 6.07 Å². The average Bonchev–Trinajstić information content (AvgIpc) is 2.69. The highest BCUT2D eigenvalue weighted by atomic mass is 32.2. The van der Waals surface area contributed by atoms with Crippen molar-refractivity contribution in [3.63, 3.8) is 0 Å². The molecular formula is C20H18N4O4S. The van der Waals surface area contributed by atoms with E-state index >= 15 is 0 Å². The number of carbonyl (C=O) groups excluding carboxylic acids is 2. The average molecular weight is 410 g/mol. The van der Waals surface area contributed by atoms with E-state index in [2.05, 4.69) is 10.6 Å². The summed E-state index contributed by atoms with van der Waals surface area (Å²) < 4.78 is 26.5. The van der Waals surface area contributed by atoms with E-state index in [0.717, 1.165) is 0 Å². The maximum atomic E-state index is 13.0. The van der Waals surface area contributed by atoms with Gasteiger partial charge in [-0.25, -0.2) is 18.0 Å². The monoisotopic (exact) mass is 410 g/mol. The summed E-state index contributed by atoms with van der Waals surface area (Å²) in [7, 11) is -4.28. The molecule has 0 aromatic heterocycles. The highest BCUT2D eigenvalue weighted by Crippen LogP contribution is 2.25. The van der Waals surface area contributed by atoms with E-state index in [4.69, 9.17) is 5.73 Å². The Hall–Kier alpha value is -3.85. The molecule has 0 unspecified atom stereocenters. The number of nitrogens with zero attached hydrogens (tertiary/aromatic N) is 1. The van der Waals surface area contributed by atoms with E-state index < -0.39 is 22.1 Å². The number of urea groups is 2. The van der Waals surface area contributed by atoms with Crippen molar-refractivity contribution in [3.05, 3.63) is 84.9 Å². The molecule has 4 amide bonds. The second-order valence-electron chi connectivity index (χ2n) is 5.92. The van der Waals surface area contributed by atoms with Crippen LogP contribution in [0.2, 0.25) is 0 Å². The molecule has 0 aliphatic rings. The Morgan fingerprint density at radius 1 is 0.759 bits per heavy atom. The van der Waals surface area contributed by atoms with Gasteiger partial charge in [0.25, 0.3) is 10.0 Å². The first kappa shape index (κ1) is 19.9. The van der Waals surface area contributed by atoms with E-state index in [9.17, 15) is 18.0 Å². The molecular weight excluding hydrogens is 392 g/mol. The minimum absolute atomic E-state index is 0.111. The molecule has 0 spiro atoms. The van der Waals surface area contributed by atoms with Gasteiger partial charge >= 0.3 is 12.1 Å². The van der Waals surface area contributed by atoms with Gasteiger partial charge in [0, 0.05) is 11.4 Å². The molecule has 0 fully saturated rings. The zero-order chi connectivity index (χ0) is 20.9. The minimum atomic E-state index is -4.28. The second-order valence-corrected chi connectivity index (χ2v) is 7.70. The van der Waals surface area contributed by atoms with Gasteiger partial charge in [0.2, 0.25) is 0 Å². The van der Waals surface area contributed by atoms with Gasteiger partial charge in [0.1, 0.15) is 0 Å². The third-order valence-corrected chi connectivity index (χ3v) is 5.57. The molecule has 0 saturated heterocycles. The van der Waals surface area contributed by atoms with Gasteiger partial charge in [-0.2, -0.15) is 4.31 Å². The summed E-state index contributed by atoms with van der Waals surface area (Å²) in [6.45, 7) is 0. The Morgan fingerprint density at radius 3 is 1.93 bits per heavy atom. The van der Waals surface area contributed by atoms with Gasteiger partial charge in [-0.05, 0) is 42.5 Å². The highest BCUT2D eigenvalue weighted by molar-refractivity contribution is 7.93. The number of anilines is 3. The first-order valence-electron chi connectivity index (χ1n) is 8.51. The third kappa shape index (κ3) is 4.71. The number of carbonyl (C=O) groups is 2. The van der Waals surface area contributed by atoms with Crippen molar-refractivity contribution in [2.45, 2.75) is 4.90 Å². The number of hydrogen-bond acceptors (Lipinski definition) is 4. The van der Waals surface area contributed by atoms with Crippen molar-refractivity contribution >= 4 is 39.1 Å². The number of nitrogens with two attached hydrogens (primary N) is 1. The lowest BCUT2D eigenvalue weighted by Crippen LogP contribution is -2.40. The lowest BCUT2D eigenvalue weighted by Gasteiger charge is -2.20. The predicted molar refractivity (Wildman–Crippen MR) is 111 cm³/mol. The highest BCUT2D eigenvalue weighted by Gasteiger charge is 2.29. The molecule has 0 atom stereocenters. The maximum Gasteiger partial charge on any atom is 0.333 e. The topological polar surface area (TPSA) is 122 Å². The van der Waals surface area contributed by atoms with Crippen LogP contribution in [0.3, 0.4) is 0 Å². The molecule has 0 heterocycles. The van der Waals surface area contributed by atoms with Gasteiger partial charge in [-0.15, -0.1) is 0 Å². The molecule has 29 heavy (non-hydrogen) atoms. The molecule has 0 saturated carbocycles. The van der Waals surface area contributed by atoms with Crippen molar-refractivity contribution < 1.29 is 18.0 Å². The van der Waals surface area contributed by atoms with E-state index in [1.165, 1.54) is 36.4 Å². The molecule has 0 radical (unpaired) electrons. The number of hydrogen-bond donors (Lipinski definition) is 3. The van der Waals surface area contributed by atoms with E-state index in [0.29, 0.717) is 9.99 Å². The Kier molecular flexibility index (Phi) is 5.79. The Bertz CT molecular complexity index is 1120. The van der Waals surface area contributed by atoms with Crippen molar-refractivity contribution in [1.82, 2.24) is 0 Å². The van der Waals surface area contributed by atoms with Crippen LogP contribution >= 0.6 is 0 Å². The largest absolute Gasteiger partial charge is 0.350 e. The standard InChI is InChI=1S/C20H18N4O4S/c21-19(25)24(17-11-5-2-6-12-17)29(27,28)18-13-7-10-16(14-18)23-20(26)22-15-8-3-1-4-9-15/h1-14H,(H2,21,25)(H2,22,23,26). The van der Waals surface area contributed by atoms with Crippen LogP contribution < -0.4 is 20.7 Å². The number of benzene rings is 3. The normalized spacial score (nSPS) is 10.8. The van der Waals surface area contributed by atoms with Crippen LogP contribution in [-0.2, 0) is 10.0 Å². The van der Waals surface area contributed by atoms with Gasteiger partial charge in [0.05, 0.1) is 10.6 Å². The molecule has 3 aromatic rings. The lowest BCUT2D eigenvalue weighted by atomic mass is 10.3. The van der Waals surface area contributed by atoms with Crippen molar-refractivity contribution in [1.29, 1.82) is 0 Å². The Morgan fingerprint density at radius 2 is 1.31 bits per heavy atom. The van der Waals surface area contributed by atoms with Crippen LogP contribution in [0, 0.1) is 0 Å². The molecule has 4 N–H and O–H groups in total. The molecule has 3 rings (SSSR count). The number of primary amides is 1.